The molecule has 0 N–H and O–H groups in total. The summed E-state index contributed by atoms with van der Waals surface area (Å²) >= 11 is 0. The van der Waals surface area contributed by atoms with Crippen molar-refractivity contribution in [3.63, 3.8) is 0 Å². The third-order valence-corrected chi connectivity index (χ3v) is 8.10. The second-order valence-corrected chi connectivity index (χ2v) is 9.09. The van der Waals surface area contributed by atoms with Gasteiger partial charge in [-0.3, -0.25) is 9.59 Å². The number of esters is 1. The molecule has 2 fully saturated rings. The molecule has 1 unspecified atom stereocenters. The fourth-order valence-corrected chi connectivity index (χ4v) is 6.57. The molecule has 0 aliphatic heterocycles. The van der Waals surface area contributed by atoms with Gasteiger partial charge < -0.3 is 4.74 Å². The zero-order valence-electron chi connectivity index (χ0n) is 18.4. The Labute approximate surface area is 180 Å². The van der Waals surface area contributed by atoms with E-state index in [4.69, 9.17) is 4.74 Å². The van der Waals surface area contributed by atoms with E-state index in [9.17, 15) is 9.59 Å². The number of Topliss-reactive ketones (excluding diaryl/α,β-unsaturated/α-hetero) is 1. The Bertz CT molecular complexity index is 908. The Morgan fingerprint density at radius 1 is 0.900 bits per heavy atom. The van der Waals surface area contributed by atoms with Crippen LogP contribution in [0.1, 0.15) is 57.9 Å². The zero-order valence-corrected chi connectivity index (χ0v) is 18.4. The minimum atomic E-state index is -0.642. The van der Waals surface area contributed by atoms with Crippen LogP contribution in [0.2, 0.25) is 0 Å². The molecule has 2 saturated carbocycles. The van der Waals surface area contributed by atoms with Gasteiger partial charge in [-0.1, -0.05) is 61.5 Å². The lowest BCUT2D eigenvalue weighted by Gasteiger charge is -2.45. The highest BCUT2D eigenvalue weighted by molar-refractivity contribution is 6.23. The molecule has 0 saturated heterocycles. The largest absolute Gasteiger partial charge is 0.466 e. The molecule has 0 aromatic heterocycles. The van der Waals surface area contributed by atoms with Gasteiger partial charge in [0.1, 0.15) is 13.6 Å². The monoisotopic (exact) mass is 402 g/mol. The van der Waals surface area contributed by atoms with Crippen molar-refractivity contribution in [2.75, 3.05) is 6.61 Å². The molecular formula is C26H31BO3. The molecule has 0 spiro atoms. The second-order valence-electron chi connectivity index (χ2n) is 9.09. The molecule has 0 amide bonds. The summed E-state index contributed by atoms with van der Waals surface area (Å²) in [6.45, 7) is 4.29. The molecule has 0 heterocycles. The van der Waals surface area contributed by atoms with Crippen LogP contribution in [-0.4, -0.2) is 26.2 Å². The van der Waals surface area contributed by atoms with E-state index in [0.29, 0.717) is 18.8 Å². The lowest BCUT2D eigenvalue weighted by atomic mass is 9.45. The first-order valence-corrected chi connectivity index (χ1v) is 11.3. The molecule has 4 rings (SSSR count). The minimum absolute atomic E-state index is 0.126. The second kappa shape index (κ2) is 7.72. The standard InChI is InChI=1S/C26H31BO3/c1-3-10-22(28)24-15-17-25(18-16-24,23(29)30-4-2)26(24,27)21-14-9-8-13-20(21)19-11-6-5-7-12-19/h5-9,11-14H,3-4,10,15-18,27H2,1-2H3. The number of carbonyl (C=O) groups excluding carboxylic acids is 2. The van der Waals surface area contributed by atoms with Gasteiger partial charge in [-0.15, -0.1) is 0 Å². The van der Waals surface area contributed by atoms with Crippen molar-refractivity contribution in [2.45, 2.75) is 57.7 Å². The molecule has 0 radical (unpaired) electrons. The molecule has 2 aromatic carbocycles. The van der Waals surface area contributed by atoms with Gasteiger partial charge in [0.05, 0.1) is 12.0 Å². The summed E-state index contributed by atoms with van der Waals surface area (Å²) in [6.07, 6.45) is 4.39. The predicted octanol–water partition coefficient (Wildman–Crippen LogP) is 4.67. The summed E-state index contributed by atoms with van der Waals surface area (Å²) in [6, 6.07) is 18.7. The maximum atomic E-state index is 13.6. The van der Waals surface area contributed by atoms with Crippen molar-refractivity contribution in [1.29, 1.82) is 0 Å². The highest BCUT2D eigenvalue weighted by atomic mass is 16.5. The molecule has 4 heteroatoms. The van der Waals surface area contributed by atoms with Crippen LogP contribution in [0.15, 0.2) is 54.6 Å². The SMILES string of the molecule is BC1(c2ccccc2-c2ccccc2)C2(C(=O)CCC)CCC1(C(=O)OCC)CC2. The van der Waals surface area contributed by atoms with E-state index in [2.05, 4.69) is 39.0 Å². The molecule has 3 nitrogen and oxygen atoms in total. The maximum Gasteiger partial charge on any atom is 0.312 e. The first-order chi connectivity index (χ1) is 14.5. The molecule has 30 heavy (non-hydrogen) atoms. The summed E-state index contributed by atoms with van der Waals surface area (Å²) < 4.78 is 5.64. The van der Waals surface area contributed by atoms with E-state index in [1.165, 1.54) is 0 Å². The van der Waals surface area contributed by atoms with E-state index in [1.807, 2.05) is 37.3 Å². The van der Waals surface area contributed by atoms with Gasteiger partial charge in [-0.25, -0.2) is 0 Å². The van der Waals surface area contributed by atoms with Gasteiger partial charge in [0, 0.05) is 11.8 Å². The predicted molar refractivity (Wildman–Crippen MR) is 122 cm³/mol. The van der Waals surface area contributed by atoms with Crippen molar-refractivity contribution in [3.8, 4) is 11.1 Å². The molecule has 2 aliphatic carbocycles. The summed E-state index contributed by atoms with van der Waals surface area (Å²) in [5.41, 5.74) is 2.21. The number of ketones is 1. The van der Waals surface area contributed by atoms with Crippen LogP contribution < -0.4 is 0 Å². The summed E-state index contributed by atoms with van der Waals surface area (Å²) in [5.74, 6) is 0.193. The lowest BCUT2D eigenvalue weighted by Crippen LogP contribution is -2.53. The average molecular weight is 402 g/mol. The average Bonchev–Trinajstić information content (AvgIpc) is 3.20. The smallest absolute Gasteiger partial charge is 0.312 e. The van der Waals surface area contributed by atoms with E-state index in [-0.39, 0.29) is 5.97 Å². The Hall–Kier alpha value is -2.36. The van der Waals surface area contributed by atoms with Crippen molar-refractivity contribution in [3.05, 3.63) is 60.2 Å². The van der Waals surface area contributed by atoms with Crippen LogP contribution in [0.5, 0.6) is 0 Å². The highest BCUT2D eigenvalue weighted by Crippen LogP contribution is 2.73. The molecule has 156 valence electrons. The highest BCUT2D eigenvalue weighted by Gasteiger charge is 2.75. The van der Waals surface area contributed by atoms with Gasteiger partial charge in [0.2, 0.25) is 0 Å². The Morgan fingerprint density at radius 2 is 1.50 bits per heavy atom. The van der Waals surface area contributed by atoms with Crippen molar-refractivity contribution in [2.24, 2.45) is 10.8 Å². The van der Waals surface area contributed by atoms with Crippen molar-refractivity contribution < 1.29 is 14.3 Å². The summed E-state index contributed by atoms with van der Waals surface area (Å²) in [5, 5.41) is -0.578. The number of ether oxygens (including phenoxy) is 1. The van der Waals surface area contributed by atoms with Crippen molar-refractivity contribution >= 4 is 19.6 Å². The fourth-order valence-electron chi connectivity index (χ4n) is 6.57. The van der Waals surface area contributed by atoms with E-state index in [0.717, 1.165) is 48.8 Å². The minimum Gasteiger partial charge on any atom is -0.466 e. The van der Waals surface area contributed by atoms with Crippen LogP contribution in [0.25, 0.3) is 11.1 Å². The number of benzene rings is 2. The van der Waals surface area contributed by atoms with E-state index in [1.54, 1.807) is 0 Å². The van der Waals surface area contributed by atoms with E-state index < -0.39 is 16.1 Å². The Morgan fingerprint density at radius 3 is 2.13 bits per heavy atom. The number of rotatable bonds is 7. The Kier molecular flexibility index (Phi) is 5.38. The molecule has 1 atom stereocenters. The van der Waals surface area contributed by atoms with Gasteiger partial charge in [0.25, 0.3) is 0 Å². The molecular weight excluding hydrogens is 371 g/mol. The first-order valence-electron chi connectivity index (χ1n) is 11.3. The number of carbonyl (C=O) groups is 2. The van der Waals surface area contributed by atoms with Gasteiger partial charge in [-0.2, -0.15) is 0 Å². The third-order valence-electron chi connectivity index (χ3n) is 8.10. The Balaban J connectivity index is 1.97. The van der Waals surface area contributed by atoms with Crippen LogP contribution in [0.3, 0.4) is 0 Å². The molecule has 2 aromatic rings. The van der Waals surface area contributed by atoms with Crippen LogP contribution in [0.4, 0.5) is 0 Å². The van der Waals surface area contributed by atoms with Crippen LogP contribution in [-0.2, 0) is 19.6 Å². The lowest BCUT2D eigenvalue weighted by molar-refractivity contribution is -0.156. The molecule has 2 bridgehead atoms. The topological polar surface area (TPSA) is 43.4 Å². The van der Waals surface area contributed by atoms with Gasteiger partial charge >= 0.3 is 5.97 Å². The normalized spacial score (nSPS) is 29.7. The van der Waals surface area contributed by atoms with Crippen LogP contribution in [0, 0.1) is 10.8 Å². The third kappa shape index (κ3) is 2.65. The van der Waals surface area contributed by atoms with Crippen LogP contribution >= 0.6 is 0 Å². The maximum absolute atomic E-state index is 13.6. The number of fused-ring (bicyclic) bond motifs is 2. The quantitative estimate of drug-likeness (QED) is 0.499. The zero-order chi connectivity index (χ0) is 21.4. The number of hydrogen-bond acceptors (Lipinski definition) is 3. The number of hydrogen-bond donors (Lipinski definition) is 0. The fraction of sp³-hybridized carbons (Fsp3) is 0.462. The van der Waals surface area contributed by atoms with Gasteiger partial charge in [0.15, 0.2) is 0 Å². The van der Waals surface area contributed by atoms with E-state index >= 15 is 0 Å². The molecule has 2 aliphatic rings. The summed E-state index contributed by atoms with van der Waals surface area (Å²) in [7, 11) is 2.18. The summed E-state index contributed by atoms with van der Waals surface area (Å²) in [4.78, 5) is 27.1. The van der Waals surface area contributed by atoms with Crippen molar-refractivity contribution in [1.82, 2.24) is 0 Å². The first kappa shape index (κ1) is 20.9. The van der Waals surface area contributed by atoms with Gasteiger partial charge in [-0.05, 0) is 61.0 Å².